The van der Waals surface area contributed by atoms with Crippen molar-refractivity contribution >= 4 is 0 Å². The van der Waals surface area contributed by atoms with Gasteiger partial charge < -0.3 is 9.84 Å². The van der Waals surface area contributed by atoms with E-state index in [9.17, 15) is 0 Å². The van der Waals surface area contributed by atoms with Gasteiger partial charge in [-0.15, -0.1) is 0 Å². The Morgan fingerprint density at radius 1 is 1.18 bits per heavy atom. The molecule has 1 heterocycles. The highest BCUT2D eigenvalue weighted by Gasteiger charge is 2.06. The molecule has 1 aromatic heterocycles. The quantitative estimate of drug-likeness (QED) is 0.875. The highest BCUT2D eigenvalue weighted by atomic mass is 16.5. The zero-order valence-electron chi connectivity index (χ0n) is 9.84. The van der Waals surface area contributed by atoms with Crippen LogP contribution in [0.1, 0.15) is 11.3 Å². The number of methoxy groups -OCH3 is 1. The summed E-state index contributed by atoms with van der Waals surface area (Å²) >= 11 is 0. The highest BCUT2D eigenvalue weighted by Crippen LogP contribution is 2.19. The highest BCUT2D eigenvalue weighted by molar-refractivity contribution is 5.56. The monoisotopic (exact) mass is 230 g/mol. The molecule has 0 atom stereocenters. The van der Waals surface area contributed by atoms with Gasteiger partial charge in [0.2, 0.25) is 5.88 Å². The van der Waals surface area contributed by atoms with E-state index in [2.05, 4.69) is 9.97 Å². The van der Waals surface area contributed by atoms with E-state index < -0.39 is 0 Å². The van der Waals surface area contributed by atoms with E-state index in [1.54, 1.807) is 13.2 Å². The summed E-state index contributed by atoms with van der Waals surface area (Å²) in [6.07, 6.45) is 0. The minimum Gasteiger partial charge on any atom is -0.481 e. The van der Waals surface area contributed by atoms with Crippen LogP contribution in [0, 0.1) is 6.92 Å². The summed E-state index contributed by atoms with van der Waals surface area (Å²) in [6.45, 7) is 1.90. The molecule has 2 rings (SSSR count). The Kier molecular flexibility index (Phi) is 3.35. The van der Waals surface area contributed by atoms with Crippen LogP contribution >= 0.6 is 0 Å². The van der Waals surface area contributed by atoms with Crippen molar-refractivity contribution in [3.8, 4) is 17.3 Å². The van der Waals surface area contributed by atoms with Crippen LogP contribution in [0.3, 0.4) is 0 Å². The zero-order valence-corrected chi connectivity index (χ0v) is 9.84. The molecule has 4 heteroatoms. The molecule has 0 spiro atoms. The first-order valence-corrected chi connectivity index (χ1v) is 5.33. The van der Waals surface area contributed by atoms with Gasteiger partial charge in [0.15, 0.2) is 5.82 Å². The first kappa shape index (κ1) is 11.5. The van der Waals surface area contributed by atoms with Gasteiger partial charge in [0.05, 0.1) is 19.4 Å². The smallest absolute Gasteiger partial charge is 0.216 e. The third-order valence-electron chi connectivity index (χ3n) is 2.44. The van der Waals surface area contributed by atoms with Gasteiger partial charge in [0.25, 0.3) is 0 Å². The number of benzene rings is 1. The second-order valence-electron chi connectivity index (χ2n) is 3.75. The van der Waals surface area contributed by atoms with Gasteiger partial charge in [-0.05, 0) is 6.92 Å². The minimum atomic E-state index is -0.127. The molecule has 1 aromatic carbocycles. The minimum absolute atomic E-state index is 0.127. The summed E-state index contributed by atoms with van der Waals surface area (Å²) < 4.78 is 5.08. The van der Waals surface area contributed by atoms with Crippen LogP contribution in [-0.2, 0) is 6.61 Å². The Balaban J connectivity index is 2.46. The molecular formula is C13H14N2O2. The molecule has 4 nitrogen and oxygen atoms in total. The summed E-state index contributed by atoms with van der Waals surface area (Å²) in [7, 11) is 1.54. The number of hydrogen-bond acceptors (Lipinski definition) is 4. The summed E-state index contributed by atoms with van der Waals surface area (Å²) in [5.74, 6) is 1.02. The number of aliphatic hydroxyl groups excluding tert-OH is 1. The van der Waals surface area contributed by atoms with Crippen molar-refractivity contribution in [2.24, 2.45) is 0 Å². The maximum Gasteiger partial charge on any atom is 0.216 e. The molecule has 0 radical (unpaired) electrons. The largest absolute Gasteiger partial charge is 0.481 e. The van der Waals surface area contributed by atoms with E-state index in [0.29, 0.717) is 17.4 Å². The maximum absolute atomic E-state index is 9.13. The fourth-order valence-electron chi connectivity index (χ4n) is 1.49. The van der Waals surface area contributed by atoms with Crippen molar-refractivity contribution in [3.63, 3.8) is 0 Å². The first-order valence-electron chi connectivity index (χ1n) is 5.33. The van der Waals surface area contributed by atoms with Crippen LogP contribution in [0.5, 0.6) is 5.88 Å². The maximum atomic E-state index is 9.13. The number of ether oxygens (including phenoxy) is 1. The van der Waals surface area contributed by atoms with Crippen LogP contribution in [-0.4, -0.2) is 22.2 Å². The fraction of sp³-hybridized carbons (Fsp3) is 0.231. The predicted octanol–water partition coefficient (Wildman–Crippen LogP) is 1.95. The molecule has 0 fully saturated rings. The lowest BCUT2D eigenvalue weighted by Crippen LogP contribution is -1.98. The summed E-state index contributed by atoms with van der Waals surface area (Å²) in [6, 6.07) is 9.52. The van der Waals surface area contributed by atoms with Gasteiger partial charge in [-0.3, -0.25) is 0 Å². The predicted molar refractivity (Wildman–Crippen MR) is 64.7 cm³/mol. The van der Waals surface area contributed by atoms with Crippen molar-refractivity contribution < 1.29 is 9.84 Å². The number of nitrogens with zero attached hydrogens (tertiary/aromatic N) is 2. The topological polar surface area (TPSA) is 55.2 Å². The van der Waals surface area contributed by atoms with E-state index >= 15 is 0 Å². The molecule has 17 heavy (non-hydrogen) atoms. The van der Waals surface area contributed by atoms with Gasteiger partial charge in [-0.25, -0.2) is 4.98 Å². The van der Waals surface area contributed by atoms with Crippen LogP contribution in [0.4, 0.5) is 0 Å². The first-order chi connectivity index (χ1) is 8.22. The summed E-state index contributed by atoms with van der Waals surface area (Å²) in [4.78, 5) is 8.51. The van der Waals surface area contributed by atoms with Crippen LogP contribution < -0.4 is 4.74 Å². The number of aliphatic hydroxyl groups is 1. The molecule has 0 aliphatic carbocycles. The lowest BCUT2D eigenvalue weighted by atomic mass is 10.1. The van der Waals surface area contributed by atoms with E-state index in [0.717, 1.165) is 5.56 Å². The lowest BCUT2D eigenvalue weighted by molar-refractivity contribution is 0.275. The normalized spacial score (nSPS) is 10.3. The summed E-state index contributed by atoms with van der Waals surface area (Å²) in [5, 5.41) is 9.13. The Hall–Kier alpha value is -1.94. The number of rotatable bonds is 3. The van der Waals surface area contributed by atoms with Crippen molar-refractivity contribution in [2.75, 3.05) is 7.11 Å². The number of aromatic nitrogens is 2. The molecule has 0 aliphatic heterocycles. The van der Waals surface area contributed by atoms with Gasteiger partial charge in [-0.1, -0.05) is 29.8 Å². The lowest BCUT2D eigenvalue weighted by Gasteiger charge is -2.06. The van der Waals surface area contributed by atoms with Crippen LogP contribution in [0.15, 0.2) is 30.3 Å². The van der Waals surface area contributed by atoms with Crippen LogP contribution in [0.2, 0.25) is 0 Å². The van der Waals surface area contributed by atoms with Gasteiger partial charge in [0, 0.05) is 11.6 Å². The molecule has 0 amide bonds. The molecule has 1 N–H and O–H groups in total. The average molecular weight is 230 g/mol. The zero-order chi connectivity index (χ0) is 12.3. The van der Waals surface area contributed by atoms with Crippen LogP contribution in [0.25, 0.3) is 11.4 Å². The third kappa shape index (κ3) is 2.60. The molecule has 0 saturated heterocycles. The molecule has 0 bridgehead atoms. The Labute approximate surface area is 99.9 Å². The SMILES string of the molecule is COc1cc(CO)nc(-c2ccc(C)cc2)n1. The van der Waals surface area contributed by atoms with Gasteiger partial charge in [0.1, 0.15) is 0 Å². The average Bonchev–Trinajstić information content (AvgIpc) is 2.39. The van der Waals surface area contributed by atoms with Crippen molar-refractivity contribution in [3.05, 3.63) is 41.6 Å². The Bertz CT molecular complexity index is 487. The van der Waals surface area contributed by atoms with Gasteiger partial charge >= 0.3 is 0 Å². The second-order valence-corrected chi connectivity index (χ2v) is 3.75. The van der Waals surface area contributed by atoms with E-state index in [4.69, 9.17) is 9.84 Å². The number of aryl methyl sites for hydroxylation is 1. The molecule has 2 aromatic rings. The van der Waals surface area contributed by atoms with E-state index in [1.807, 2.05) is 31.2 Å². The van der Waals surface area contributed by atoms with Crippen molar-refractivity contribution in [1.82, 2.24) is 9.97 Å². The third-order valence-corrected chi connectivity index (χ3v) is 2.44. The Morgan fingerprint density at radius 3 is 2.47 bits per heavy atom. The molecule has 0 saturated carbocycles. The Morgan fingerprint density at radius 2 is 1.88 bits per heavy atom. The second kappa shape index (κ2) is 4.93. The van der Waals surface area contributed by atoms with E-state index in [1.165, 1.54) is 5.56 Å². The standard InChI is InChI=1S/C13H14N2O2/c1-9-3-5-10(6-4-9)13-14-11(8-16)7-12(15-13)17-2/h3-7,16H,8H2,1-2H3. The van der Waals surface area contributed by atoms with E-state index in [-0.39, 0.29) is 6.61 Å². The fourth-order valence-corrected chi connectivity index (χ4v) is 1.49. The van der Waals surface area contributed by atoms with Gasteiger partial charge in [-0.2, -0.15) is 4.98 Å². The summed E-state index contributed by atoms with van der Waals surface area (Å²) in [5.41, 5.74) is 2.63. The van der Waals surface area contributed by atoms with Crippen molar-refractivity contribution in [1.29, 1.82) is 0 Å². The van der Waals surface area contributed by atoms with Crippen molar-refractivity contribution in [2.45, 2.75) is 13.5 Å². The molecular weight excluding hydrogens is 216 g/mol. The molecule has 0 aliphatic rings. The molecule has 88 valence electrons. The molecule has 0 unspecified atom stereocenters. The number of hydrogen-bond donors (Lipinski definition) is 1.